The highest BCUT2D eigenvalue weighted by Gasteiger charge is 2.13. The van der Waals surface area contributed by atoms with E-state index in [9.17, 15) is 13.6 Å². The van der Waals surface area contributed by atoms with Gasteiger partial charge < -0.3 is 11.1 Å². The average Bonchev–Trinajstić information content (AvgIpc) is 2.40. The van der Waals surface area contributed by atoms with Crippen LogP contribution in [0.1, 0.15) is 10.5 Å². The second-order valence-electron chi connectivity index (χ2n) is 3.66. The first-order valence-electron chi connectivity index (χ1n) is 5.49. The summed E-state index contributed by atoms with van der Waals surface area (Å²) in [6, 6.07) is 6.27. The molecule has 0 saturated heterocycles. The molecule has 1 aromatic heterocycles. The summed E-state index contributed by atoms with van der Waals surface area (Å²) in [6.07, 6.45) is 2.55. The number of carbonyl (C=O) groups excluding carboxylic acids is 1. The molecule has 0 atom stereocenters. The van der Waals surface area contributed by atoms with Crippen molar-refractivity contribution in [2.45, 2.75) is 10.7 Å². The zero-order chi connectivity index (χ0) is 14.5. The van der Waals surface area contributed by atoms with Gasteiger partial charge in [0.15, 0.2) is 0 Å². The first-order chi connectivity index (χ1) is 9.56. The van der Waals surface area contributed by atoms with Crippen molar-refractivity contribution in [3.63, 3.8) is 0 Å². The molecule has 5 nitrogen and oxygen atoms in total. The fraction of sp³-hybridized carbons (Fsp3) is 0.0833. The van der Waals surface area contributed by atoms with Gasteiger partial charge in [0, 0.05) is 4.90 Å². The number of carbonyl (C=O) groups is 1. The number of alkyl halides is 2. The summed E-state index contributed by atoms with van der Waals surface area (Å²) in [7, 11) is 0. The van der Waals surface area contributed by atoms with Gasteiger partial charge in [0.25, 0.3) is 11.7 Å². The van der Waals surface area contributed by atoms with Crippen LogP contribution in [0.5, 0.6) is 0 Å². The summed E-state index contributed by atoms with van der Waals surface area (Å²) < 4.78 is 24.9. The molecule has 0 saturated carbocycles. The van der Waals surface area contributed by atoms with Crippen molar-refractivity contribution in [3.05, 3.63) is 42.4 Å². The molecule has 3 N–H and O–H groups in total. The number of rotatable bonds is 4. The van der Waals surface area contributed by atoms with Crippen LogP contribution in [0.25, 0.3) is 0 Å². The third-order valence-electron chi connectivity index (χ3n) is 2.24. The first kappa shape index (κ1) is 14.2. The molecule has 104 valence electrons. The van der Waals surface area contributed by atoms with Crippen LogP contribution in [-0.2, 0) is 0 Å². The van der Waals surface area contributed by atoms with Gasteiger partial charge >= 0.3 is 0 Å². The lowest BCUT2D eigenvalue weighted by Crippen LogP contribution is -2.15. The van der Waals surface area contributed by atoms with Gasteiger partial charge in [0.05, 0.1) is 18.1 Å². The van der Waals surface area contributed by atoms with Crippen molar-refractivity contribution in [1.29, 1.82) is 0 Å². The smallest absolute Gasteiger partial charge is 0.288 e. The molecule has 0 aliphatic carbocycles. The van der Waals surface area contributed by atoms with E-state index in [-0.39, 0.29) is 22.1 Å². The topological polar surface area (TPSA) is 80.9 Å². The third kappa shape index (κ3) is 3.64. The number of benzene rings is 1. The molecule has 0 bridgehead atoms. The van der Waals surface area contributed by atoms with E-state index in [4.69, 9.17) is 5.73 Å². The van der Waals surface area contributed by atoms with Crippen LogP contribution in [0.3, 0.4) is 0 Å². The summed E-state index contributed by atoms with van der Waals surface area (Å²) in [4.78, 5) is 19.8. The molecule has 1 aromatic carbocycles. The monoisotopic (exact) mass is 296 g/mol. The van der Waals surface area contributed by atoms with Gasteiger partial charge in [-0.25, -0.2) is 4.98 Å². The van der Waals surface area contributed by atoms with E-state index in [1.165, 1.54) is 24.5 Å². The zero-order valence-electron chi connectivity index (χ0n) is 10.1. The Balaban J connectivity index is 2.19. The molecule has 0 unspecified atom stereocenters. The lowest BCUT2D eigenvalue weighted by molar-refractivity contribution is 0.102. The summed E-state index contributed by atoms with van der Waals surface area (Å²) in [5.41, 5.74) is 5.73. The molecule has 8 heteroatoms. The number of nitrogens with two attached hydrogens (primary N) is 1. The number of aromatic nitrogens is 2. The summed E-state index contributed by atoms with van der Waals surface area (Å²) in [5.74, 6) is -3.03. The van der Waals surface area contributed by atoms with Crippen molar-refractivity contribution in [3.8, 4) is 0 Å². The number of amides is 1. The maximum absolute atomic E-state index is 12.4. The quantitative estimate of drug-likeness (QED) is 0.848. The molecule has 0 spiro atoms. The van der Waals surface area contributed by atoms with Gasteiger partial charge in [-0.1, -0.05) is 23.9 Å². The predicted molar refractivity (Wildman–Crippen MR) is 72.7 cm³/mol. The number of thioether (sulfide) groups is 1. The van der Waals surface area contributed by atoms with E-state index >= 15 is 0 Å². The van der Waals surface area contributed by atoms with Crippen molar-refractivity contribution < 1.29 is 13.6 Å². The molecule has 1 amide bonds. The fourth-order valence-corrected chi connectivity index (χ4v) is 2.04. The third-order valence-corrected chi connectivity index (χ3v) is 3.03. The Morgan fingerprint density at radius 3 is 2.75 bits per heavy atom. The van der Waals surface area contributed by atoms with Gasteiger partial charge in [-0.3, -0.25) is 9.78 Å². The molecule has 2 rings (SSSR count). The van der Waals surface area contributed by atoms with Gasteiger partial charge in [-0.2, -0.15) is 8.78 Å². The van der Waals surface area contributed by atoms with Crippen LogP contribution in [0.2, 0.25) is 0 Å². The molecule has 0 aliphatic rings. The highest BCUT2D eigenvalue weighted by Crippen LogP contribution is 2.31. The molecular weight excluding hydrogens is 286 g/mol. The number of nitrogens with one attached hydrogen (secondary N) is 1. The minimum atomic E-state index is -2.57. The second kappa shape index (κ2) is 6.29. The number of nitrogens with zero attached hydrogens (tertiary/aromatic N) is 2. The minimum absolute atomic E-state index is 0.0156. The van der Waals surface area contributed by atoms with Crippen LogP contribution in [0.4, 0.5) is 20.3 Å². The van der Waals surface area contributed by atoms with E-state index in [2.05, 4.69) is 15.3 Å². The molecule has 0 aliphatic heterocycles. The highest BCUT2D eigenvalue weighted by molar-refractivity contribution is 7.99. The van der Waals surface area contributed by atoms with E-state index < -0.39 is 11.7 Å². The van der Waals surface area contributed by atoms with Crippen LogP contribution in [0, 0.1) is 0 Å². The van der Waals surface area contributed by atoms with E-state index in [1.807, 2.05) is 0 Å². The summed E-state index contributed by atoms with van der Waals surface area (Å²) in [5, 5.41) is 2.51. The number of hydrogen-bond acceptors (Lipinski definition) is 5. The SMILES string of the molecule is Nc1cncc(C(=O)Nc2ccccc2SC(F)F)n1. The Morgan fingerprint density at radius 1 is 1.30 bits per heavy atom. The number of hydrogen-bond donors (Lipinski definition) is 2. The van der Waals surface area contributed by atoms with Gasteiger partial charge in [-0.15, -0.1) is 0 Å². The van der Waals surface area contributed by atoms with Crippen LogP contribution >= 0.6 is 11.8 Å². The molecule has 1 heterocycles. The molecule has 0 radical (unpaired) electrons. The van der Waals surface area contributed by atoms with Crippen LogP contribution in [-0.4, -0.2) is 21.6 Å². The van der Waals surface area contributed by atoms with Crippen molar-refractivity contribution >= 4 is 29.2 Å². The Bertz CT molecular complexity index is 624. The first-order valence-corrected chi connectivity index (χ1v) is 6.37. The maximum Gasteiger partial charge on any atom is 0.288 e. The van der Waals surface area contributed by atoms with E-state index in [0.717, 1.165) is 0 Å². The number of anilines is 2. The van der Waals surface area contributed by atoms with E-state index in [0.29, 0.717) is 11.8 Å². The number of halogens is 2. The molecule has 20 heavy (non-hydrogen) atoms. The molecule has 2 aromatic rings. The van der Waals surface area contributed by atoms with Gasteiger partial charge in [0.1, 0.15) is 11.5 Å². The van der Waals surface area contributed by atoms with Crippen LogP contribution < -0.4 is 11.1 Å². The predicted octanol–water partition coefficient (Wildman–Crippen LogP) is 2.63. The van der Waals surface area contributed by atoms with E-state index in [1.54, 1.807) is 12.1 Å². The molecule has 0 fully saturated rings. The Hall–Kier alpha value is -2.22. The Labute approximate surface area is 117 Å². The summed E-state index contributed by atoms with van der Waals surface area (Å²) >= 11 is 0.357. The van der Waals surface area contributed by atoms with Crippen molar-refractivity contribution in [1.82, 2.24) is 9.97 Å². The standard InChI is InChI=1S/C12H10F2N4OS/c13-12(14)20-9-4-2-1-3-7(9)18-11(19)8-5-16-6-10(15)17-8/h1-6,12H,(H2,15,17)(H,18,19). The molecular formula is C12H10F2N4OS. The number of para-hydroxylation sites is 1. The maximum atomic E-state index is 12.4. The zero-order valence-corrected chi connectivity index (χ0v) is 10.9. The Morgan fingerprint density at radius 2 is 2.05 bits per heavy atom. The van der Waals surface area contributed by atoms with Gasteiger partial charge in [0.2, 0.25) is 0 Å². The average molecular weight is 296 g/mol. The van der Waals surface area contributed by atoms with Crippen LogP contribution in [0.15, 0.2) is 41.6 Å². The lowest BCUT2D eigenvalue weighted by Gasteiger charge is -2.09. The lowest BCUT2D eigenvalue weighted by atomic mass is 10.3. The largest absolute Gasteiger partial charge is 0.382 e. The van der Waals surface area contributed by atoms with Crippen molar-refractivity contribution in [2.75, 3.05) is 11.1 Å². The van der Waals surface area contributed by atoms with Crippen molar-refractivity contribution in [2.24, 2.45) is 0 Å². The summed E-state index contributed by atoms with van der Waals surface area (Å²) in [6.45, 7) is 0. The van der Waals surface area contributed by atoms with Gasteiger partial charge in [-0.05, 0) is 12.1 Å². The Kier molecular flexibility index (Phi) is 4.46. The normalized spacial score (nSPS) is 10.6. The highest BCUT2D eigenvalue weighted by atomic mass is 32.2. The second-order valence-corrected chi connectivity index (χ2v) is 4.69. The number of nitrogen functional groups attached to an aromatic ring is 1. The minimum Gasteiger partial charge on any atom is -0.382 e. The fourth-order valence-electron chi connectivity index (χ4n) is 1.45.